The smallest absolute Gasteiger partial charge is 0.206 e. The van der Waals surface area contributed by atoms with Gasteiger partial charge in [-0.1, -0.05) is 0 Å². The van der Waals surface area contributed by atoms with E-state index in [4.69, 9.17) is 4.74 Å². The highest BCUT2D eigenvalue weighted by atomic mass is 32.1. The molecule has 3 rings (SSSR count). The molecule has 0 unspecified atom stereocenters. The summed E-state index contributed by atoms with van der Waals surface area (Å²) in [5, 5.41) is 35.6. The maximum absolute atomic E-state index is 10.0. The van der Waals surface area contributed by atoms with Crippen LogP contribution in [0.3, 0.4) is 0 Å². The number of phenolic OH excluding ortho intramolecular Hbond substituents is 3. The summed E-state index contributed by atoms with van der Waals surface area (Å²) in [5.74, 6) is -0.660. The predicted octanol–water partition coefficient (Wildman–Crippen LogP) is 3.53. The Kier molecular flexibility index (Phi) is 5.70. The Bertz CT molecular complexity index is 1070. The lowest BCUT2D eigenvalue weighted by molar-refractivity contribution is 0.367. The first-order valence-corrected chi connectivity index (χ1v) is 9.45. The summed E-state index contributed by atoms with van der Waals surface area (Å²) in [6, 6.07) is 10.4. The molecule has 8 heteroatoms. The van der Waals surface area contributed by atoms with Gasteiger partial charge in [0.2, 0.25) is 10.6 Å². The van der Waals surface area contributed by atoms with Crippen molar-refractivity contribution >= 4 is 17.6 Å². The molecular weight excluding hydrogens is 378 g/mol. The van der Waals surface area contributed by atoms with Crippen LogP contribution in [0.2, 0.25) is 0 Å². The molecule has 3 aromatic rings. The number of nitrogens with zero attached hydrogens (tertiary/aromatic N) is 3. The minimum atomic E-state index is -0.582. The van der Waals surface area contributed by atoms with E-state index in [0.717, 1.165) is 17.0 Å². The Morgan fingerprint density at radius 3 is 2.39 bits per heavy atom. The molecule has 0 saturated carbocycles. The summed E-state index contributed by atoms with van der Waals surface area (Å²) in [5.41, 5.74) is 2.02. The van der Waals surface area contributed by atoms with Gasteiger partial charge in [-0.25, -0.2) is 4.68 Å². The zero-order chi connectivity index (χ0) is 20.3. The highest BCUT2D eigenvalue weighted by Gasteiger charge is 2.11. The number of methoxy groups -OCH3 is 1. The Morgan fingerprint density at radius 1 is 1.04 bits per heavy atom. The second-order valence-corrected chi connectivity index (χ2v) is 7.12. The van der Waals surface area contributed by atoms with Crippen LogP contribution in [0.15, 0.2) is 51.9 Å². The second-order valence-electron chi connectivity index (χ2n) is 6.28. The topological polar surface area (TPSA) is 99.6 Å². The van der Waals surface area contributed by atoms with Gasteiger partial charge in [-0.15, -0.1) is 11.3 Å². The third-order valence-electron chi connectivity index (χ3n) is 3.91. The Balaban J connectivity index is 2.10. The van der Waals surface area contributed by atoms with Crippen LogP contribution < -0.4 is 9.54 Å². The average molecular weight is 399 g/mol. The van der Waals surface area contributed by atoms with Gasteiger partial charge in [0.15, 0.2) is 11.5 Å². The van der Waals surface area contributed by atoms with Crippen LogP contribution in [0, 0.1) is 0 Å². The molecule has 0 atom stereocenters. The highest BCUT2D eigenvalue weighted by molar-refractivity contribution is 7.07. The molecule has 146 valence electrons. The lowest BCUT2D eigenvalue weighted by Crippen LogP contribution is -2.14. The molecule has 1 heterocycles. The van der Waals surface area contributed by atoms with Crippen LogP contribution in [0.25, 0.3) is 11.3 Å². The highest BCUT2D eigenvalue weighted by Crippen LogP contribution is 2.36. The van der Waals surface area contributed by atoms with E-state index in [9.17, 15) is 15.3 Å². The molecule has 0 fully saturated rings. The molecule has 3 N–H and O–H groups in total. The number of ether oxygens (including phenoxy) is 1. The van der Waals surface area contributed by atoms with Crippen LogP contribution in [0.4, 0.5) is 0 Å². The second kappa shape index (κ2) is 8.18. The summed E-state index contributed by atoms with van der Waals surface area (Å²) in [6.45, 7) is 3.95. The maximum Gasteiger partial charge on any atom is 0.206 e. The van der Waals surface area contributed by atoms with E-state index in [1.807, 2.05) is 43.5 Å². The number of rotatable bonds is 5. The van der Waals surface area contributed by atoms with Crippen molar-refractivity contribution in [3.05, 3.63) is 52.1 Å². The predicted molar refractivity (Wildman–Crippen MR) is 109 cm³/mol. The van der Waals surface area contributed by atoms with E-state index in [1.165, 1.54) is 29.7 Å². The number of phenols is 3. The fourth-order valence-corrected chi connectivity index (χ4v) is 3.46. The number of thiazole rings is 1. The third-order valence-corrected chi connectivity index (χ3v) is 4.74. The normalized spacial score (nSPS) is 12.2. The average Bonchev–Trinajstić information content (AvgIpc) is 3.07. The molecule has 0 aliphatic rings. The standard InChI is InChI=1S/C20H21N3O4S/c1-12(2)22-20-23(21-10-14-6-9-17(24)19(26)18(14)25)16(11-28-20)13-4-7-15(27-3)8-5-13/h4-12,24-26H,1-3H3. The van der Waals surface area contributed by atoms with Crippen molar-refractivity contribution in [1.29, 1.82) is 0 Å². The summed E-state index contributed by atoms with van der Waals surface area (Å²) in [7, 11) is 1.61. The quantitative estimate of drug-likeness (QED) is 0.451. The van der Waals surface area contributed by atoms with E-state index in [0.29, 0.717) is 4.80 Å². The van der Waals surface area contributed by atoms with Gasteiger partial charge in [0.1, 0.15) is 5.75 Å². The monoisotopic (exact) mass is 399 g/mol. The first-order chi connectivity index (χ1) is 13.4. The first-order valence-electron chi connectivity index (χ1n) is 8.57. The lowest BCUT2D eigenvalue weighted by Gasteiger charge is -2.06. The van der Waals surface area contributed by atoms with E-state index in [-0.39, 0.29) is 11.6 Å². The fourth-order valence-electron chi connectivity index (χ4n) is 2.49. The van der Waals surface area contributed by atoms with E-state index in [1.54, 1.807) is 11.8 Å². The largest absolute Gasteiger partial charge is 0.504 e. The van der Waals surface area contributed by atoms with Crippen molar-refractivity contribution in [3.63, 3.8) is 0 Å². The van der Waals surface area contributed by atoms with Crippen molar-refractivity contribution < 1.29 is 20.1 Å². The van der Waals surface area contributed by atoms with Gasteiger partial charge in [-0.2, -0.15) is 5.10 Å². The molecular formula is C20H21N3O4S. The van der Waals surface area contributed by atoms with Crippen LogP contribution in [-0.4, -0.2) is 39.4 Å². The van der Waals surface area contributed by atoms with Crippen LogP contribution in [0.1, 0.15) is 19.4 Å². The minimum absolute atomic E-state index is 0.0786. The van der Waals surface area contributed by atoms with Gasteiger partial charge in [0.05, 0.1) is 19.0 Å². The van der Waals surface area contributed by atoms with Gasteiger partial charge in [-0.3, -0.25) is 4.99 Å². The van der Waals surface area contributed by atoms with Crippen molar-refractivity contribution in [2.45, 2.75) is 19.9 Å². The van der Waals surface area contributed by atoms with E-state index < -0.39 is 17.2 Å². The summed E-state index contributed by atoms with van der Waals surface area (Å²) in [4.78, 5) is 5.29. The van der Waals surface area contributed by atoms with E-state index in [2.05, 4.69) is 10.1 Å². The van der Waals surface area contributed by atoms with Gasteiger partial charge < -0.3 is 20.1 Å². The number of aromatic hydroxyl groups is 3. The molecule has 0 saturated heterocycles. The Hall–Kier alpha value is -3.26. The van der Waals surface area contributed by atoms with Crippen LogP contribution in [0.5, 0.6) is 23.0 Å². The molecule has 2 aromatic carbocycles. The molecule has 0 bridgehead atoms. The van der Waals surface area contributed by atoms with Crippen molar-refractivity contribution in [1.82, 2.24) is 4.68 Å². The third kappa shape index (κ3) is 4.01. The molecule has 0 amide bonds. The first kappa shape index (κ1) is 19.5. The number of benzene rings is 2. The van der Waals surface area contributed by atoms with Crippen LogP contribution in [-0.2, 0) is 0 Å². The van der Waals surface area contributed by atoms with Gasteiger partial charge in [-0.05, 0) is 50.2 Å². The number of hydrogen-bond donors (Lipinski definition) is 3. The van der Waals surface area contributed by atoms with E-state index >= 15 is 0 Å². The van der Waals surface area contributed by atoms with Crippen molar-refractivity contribution in [2.75, 3.05) is 7.11 Å². The van der Waals surface area contributed by atoms with Gasteiger partial charge >= 0.3 is 0 Å². The lowest BCUT2D eigenvalue weighted by atomic mass is 10.2. The molecule has 7 nitrogen and oxygen atoms in total. The summed E-state index contributed by atoms with van der Waals surface area (Å²) < 4.78 is 6.88. The van der Waals surface area contributed by atoms with Gasteiger partial charge in [0.25, 0.3) is 0 Å². The summed E-state index contributed by atoms with van der Waals surface area (Å²) >= 11 is 1.45. The molecule has 0 aliphatic carbocycles. The zero-order valence-electron chi connectivity index (χ0n) is 15.7. The molecule has 0 spiro atoms. The Morgan fingerprint density at radius 2 is 1.75 bits per heavy atom. The fraction of sp³-hybridized carbons (Fsp3) is 0.200. The maximum atomic E-state index is 10.0. The number of aromatic nitrogens is 1. The van der Waals surface area contributed by atoms with Crippen molar-refractivity contribution in [2.24, 2.45) is 10.1 Å². The zero-order valence-corrected chi connectivity index (χ0v) is 16.5. The molecule has 0 aliphatic heterocycles. The molecule has 0 radical (unpaired) electrons. The number of hydrogen-bond acceptors (Lipinski definition) is 7. The molecule has 28 heavy (non-hydrogen) atoms. The summed E-state index contributed by atoms with van der Waals surface area (Å²) in [6.07, 6.45) is 1.41. The Labute approximate surface area is 166 Å². The van der Waals surface area contributed by atoms with Crippen LogP contribution >= 0.6 is 11.3 Å². The molecule has 1 aromatic heterocycles. The SMILES string of the molecule is COc1ccc(-c2csc(=NC(C)C)n2N=Cc2ccc(O)c(O)c2O)cc1. The van der Waals surface area contributed by atoms with Gasteiger partial charge in [0, 0.05) is 22.5 Å². The van der Waals surface area contributed by atoms with Crippen molar-refractivity contribution in [3.8, 4) is 34.3 Å². The minimum Gasteiger partial charge on any atom is -0.504 e.